The van der Waals surface area contributed by atoms with Gasteiger partial charge in [0, 0.05) is 43.0 Å². The molecule has 1 aromatic carbocycles. The van der Waals surface area contributed by atoms with Crippen LogP contribution in [-0.4, -0.2) is 35.4 Å². The van der Waals surface area contributed by atoms with Crippen molar-refractivity contribution in [2.75, 3.05) is 18.9 Å². The third-order valence-corrected chi connectivity index (χ3v) is 4.43. The molecule has 0 radical (unpaired) electrons. The number of carbonyl (C=O) groups is 1. The molecule has 4 heteroatoms. The van der Waals surface area contributed by atoms with E-state index in [0.717, 1.165) is 35.5 Å². The molecule has 0 aliphatic rings. The van der Waals surface area contributed by atoms with Crippen molar-refractivity contribution in [3.63, 3.8) is 0 Å². The van der Waals surface area contributed by atoms with Gasteiger partial charge in [0.1, 0.15) is 0 Å². The van der Waals surface area contributed by atoms with Crippen molar-refractivity contribution in [3.8, 4) is 0 Å². The summed E-state index contributed by atoms with van der Waals surface area (Å²) in [5.74, 6) is 0.0535. The molecule has 0 spiro atoms. The van der Waals surface area contributed by atoms with E-state index in [9.17, 15) is 4.79 Å². The maximum atomic E-state index is 12.2. The standard InChI is InChI=1S/C21H29N3O/c1-15-6-8-22-19(11-15)14-18(4)24(5)9-7-21(25)23-20-12-16(2)10-17(3)13-20/h6,8,10-13,18H,7,9,14H2,1-5H3,(H,23,25)/t18-/m1/s1. The van der Waals surface area contributed by atoms with Gasteiger partial charge in [0.25, 0.3) is 0 Å². The predicted molar refractivity (Wildman–Crippen MR) is 104 cm³/mol. The van der Waals surface area contributed by atoms with Gasteiger partial charge in [0.05, 0.1) is 0 Å². The van der Waals surface area contributed by atoms with Crippen molar-refractivity contribution >= 4 is 11.6 Å². The summed E-state index contributed by atoms with van der Waals surface area (Å²) in [6.45, 7) is 9.06. The van der Waals surface area contributed by atoms with Crippen LogP contribution in [0.5, 0.6) is 0 Å². The van der Waals surface area contributed by atoms with Crippen LogP contribution in [0.4, 0.5) is 5.69 Å². The minimum Gasteiger partial charge on any atom is -0.326 e. The SMILES string of the molecule is Cc1cc(C)cc(NC(=O)CCN(C)[C@H](C)Cc2cc(C)ccn2)c1. The van der Waals surface area contributed by atoms with Crippen LogP contribution in [0.2, 0.25) is 0 Å². The molecule has 1 N–H and O–H groups in total. The summed E-state index contributed by atoms with van der Waals surface area (Å²) in [5, 5.41) is 3.00. The topological polar surface area (TPSA) is 45.2 Å². The number of anilines is 1. The number of carbonyl (C=O) groups excluding carboxylic acids is 1. The summed E-state index contributed by atoms with van der Waals surface area (Å²) in [6.07, 6.45) is 3.22. The molecule has 0 saturated carbocycles. The first kappa shape index (κ1) is 19.1. The van der Waals surface area contributed by atoms with E-state index in [-0.39, 0.29) is 5.91 Å². The van der Waals surface area contributed by atoms with E-state index in [1.165, 1.54) is 5.56 Å². The van der Waals surface area contributed by atoms with E-state index in [4.69, 9.17) is 0 Å². The molecule has 0 aliphatic heterocycles. The fraction of sp³-hybridized carbons (Fsp3) is 0.429. The number of nitrogens with zero attached hydrogens (tertiary/aromatic N) is 2. The lowest BCUT2D eigenvalue weighted by atomic mass is 10.1. The lowest BCUT2D eigenvalue weighted by Gasteiger charge is -2.24. The summed E-state index contributed by atoms with van der Waals surface area (Å²) in [5.41, 5.74) is 5.52. The molecule has 1 atom stereocenters. The van der Waals surface area contributed by atoms with Crippen molar-refractivity contribution in [1.29, 1.82) is 0 Å². The molecule has 134 valence electrons. The van der Waals surface area contributed by atoms with Gasteiger partial charge in [-0.1, -0.05) is 6.07 Å². The molecule has 2 rings (SSSR count). The van der Waals surface area contributed by atoms with Gasteiger partial charge in [-0.3, -0.25) is 9.78 Å². The van der Waals surface area contributed by atoms with Gasteiger partial charge in [-0.05, 0) is 75.7 Å². The summed E-state index contributed by atoms with van der Waals surface area (Å²) in [7, 11) is 2.06. The molecule has 1 heterocycles. The quantitative estimate of drug-likeness (QED) is 0.832. The highest BCUT2D eigenvalue weighted by Gasteiger charge is 2.13. The summed E-state index contributed by atoms with van der Waals surface area (Å²) in [6, 6.07) is 10.6. The molecule has 0 fully saturated rings. The maximum Gasteiger partial charge on any atom is 0.225 e. The molecular formula is C21H29N3O. The van der Waals surface area contributed by atoms with Crippen LogP contribution in [0.15, 0.2) is 36.5 Å². The van der Waals surface area contributed by atoms with Gasteiger partial charge in [0.15, 0.2) is 0 Å². The molecule has 0 bridgehead atoms. The van der Waals surface area contributed by atoms with E-state index in [2.05, 4.69) is 48.2 Å². The average Bonchev–Trinajstić information content (AvgIpc) is 2.51. The first-order valence-corrected chi connectivity index (χ1v) is 8.83. The number of amides is 1. The second-order valence-corrected chi connectivity index (χ2v) is 7.03. The van der Waals surface area contributed by atoms with Crippen molar-refractivity contribution in [1.82, 2.24) is 9.88 Å². The second-order valence-electron chi connectivity index (χ2n) is 7.03. The molecule has 0 saturated heterocycles. The lowest BCUT2D eigenvalue weighted by molar-refractivity contribution is -0.116. The molecule has 1 aromatic heterocycles. The third kappa shape index (κ3) is 6.31. The minimum absolute atomic E-state index is 0.0535. The molecule has 2 aromatic rings. The normalized spacial score (nSPS) is 12.2. The van der Waals surface area contributed by atoms with Crippen molar-refractivity contribution in [3.05, 3.63) is 58.9 Å². The van der Waals surface area contributed by atoms with Gasteiger partial charge < -0.3 is 10.2 Å². The Morgan fingerprint density at radius 1 is 1.12 bits per heavy atom. The number of aromatic nitrogens is 1. The van der Waals surface area contributed by atoms with E-state index in [1.807, 2.05) is 38.2 Å². The summed E-state index contributed by atoms with van der Waals surface area (Å²) >= 11 is 0. The first-order chi connectivity index (χ1) is 11.8. The maximum absolute atomic E-state index is 12.2. The molecule has 25 heavy (non-hydrogen) atoms. The molecule has 0 aliphatic carbocycles. The number of likely N-dealkylation sites (N-methyl/N-ethyl adjacent to an activating group) is 1. The fourth-order valence-corrected chi connectivity index (χ4v) is 2.94. The Morgan fingerprint density at radius 3 is 2.44 bits per heavy atom. The van der Waals surface area contributed by atoms with Crippen LogP contribution in [0, 0.1) is 20.8 Å². The highest BCUT2D eigenvalue weighted by Crippen LogP contribution is 2.14. The van der Waals surface area contributed by atoms with Crippen molar-refractivity contribution < 1.29 is 4.79 Å². The molecule has 4 nitrogen and oxygen atoms in total. The van der Waals surface area contributed by atoms with E-state index in [1.54, 1.807) is 0 Å². The third-order valence-electron chi connectivity index (χ3n) is 4.43. The average molecular weight is 339 g/mol. The summed E-state index contributed by atoms with van der Waals surface area (Å²) in [4.78, 5) is 18.9. The zero-order chi connectivity index (χ0) is 18.4. The van der Waals surface area contributed by atoms with E-state index in [0.29, 0.717) is 12.5 Å². The Bertz CT molecular complexity index is 707. The zero-order valence-electron chi connectivity index (χ0n) is 16.0. The highest BCUT2D eigenvalue weighted by molar-refractivity contribution is 5.91. The smallest absolute Gasteiger partial charge is 0.225 e. The lowest BCUT2D eigenvalue weighted by Crippen LogP contribution is -2.33. The zero-order valence-corrected chi connectivity index (χ0v) is 16.0. The van der Waals surface area contributed by atoms with Gasteiger partial charge >= 0.3 is 0 Å². The molecule has 0 unspecified atom stereocenters. The Hall–Kier alpha value is -2.20. The molecule has 1 amide bonds. The monoisotopic (exact) mass is 339 g/mol. The first-order valence-electron chi connectivity index (χ1n) is 8.83. The van der Waals surface area contributed by atoms with Crippen LogP contribution in [0.1, 0.15) is 35.7 Å². The van der Waals surface area contributed by atoms with Crippen molar-refractivity contribution in [2.45, 2.75) is 46.6 Å². The van der Waals surface area contributed by atoms with Gasteiger partial charge in [-0.25, -0.2) is 0 Å². The number of nitrogens with one attached hydrogen (secondary N) is 1. The van der Waals surface area contributed by atoms with Gasteiger partial charge in [0.2, 0.25) is 5.91 Å². The number of hydrogen-bond acceptors (Lipinski definition) is 3. The Balaban J connectivity index is 1.82. The largest absolute Gasteiger partial charge is 0.326 e. The highest BCUT2D eigenvalue weighted by atomic mass is 16.1. The number of pyridine rings is 1. The number of aryl methyl sites for hydroxylation is 3. The summed E-state index contributed by atoms with van der Waals surface area (Å²) < 4.78 is 0. The Morgan fingerprint density at radius 2 is 1.80 bits per heavy atom. The van der Waals surface area contributed by atoms with Crippen LogP contribution >= 0.6 is 0 Å². The van der Waals surface area contributed by atoms with E-state index < -0.39 is 0 Å². The number of benzene rings is 1. The van der Waals surface area contributed by atoms with Crippen LogP contribution < -0.4 is 5.32 Å². The van der Waals surface area contributed by atoms with E-state index >= 15 is 0 Å². The Kier molecular flexibility index (Phi) is 6.71. The predicted octanol–water partition coefficient (Wildman–Crippen LogP) is 3.90. The van der Waals surface area contributed by atoms with Gasteiger partial charge in [-0.15, -0.1) is 0 Å². The van der Waals surface area contributed by atoms with Crippen LogP contribution in [0.3, 0.4) is 0 Å². The van der Waals surface area contributed by atoms with Crippen molar-refractivity contribution in [2.24, 2.45) is 0 Å². The minimum atomic E-state index is 0.0535. The number of rotatable bonds is 7. The second kappa shape index (κ2) is 8.77. The Labute approximate surface area is 151 Å². The van der Waals surface area contributed by atoms with Crippen LogP contribution in [-0.2, 0) is 11.2 Å². The number of hydrogen-bond donors (Lipinski definition) is 1. The molecular weight excluding hydrogens is 310 g/mol. The van der Waals surface area contributed by atoms with Gasteiger partial charge in [-0.2, -0.15) is 0 Å². The van der Waals surface area contributed by atoms with Crippen LogP contribution in [0.25, 0.3) is 0 Å². The fourth-order valence-electron chi connectivity index (χ4n) is 2.94.